The molecule has 5 nitrogen and oxygen atoms in total. The van der Waals surface area contributed by atoms with E-state index in [1.165, 1.54) is 0 Å². The molecule has 0 atom stereocenters. The highest BCUT2D eigenvalue weighted by atomic mass is 32.2. The quantitative estimate of drug-likeness (QED) is 0.643. The molecule has 1 aliphatic heterocycles. The lowest BCUT2D eigenvalue weighted by Crippen LogP contribution is -2.35. The van der Waals surface area contributed by atoms with Gasteiger partial charge in [0.1, 0.15) is 10.8 Å². The van der Waals surface area contributed by atoms with Gasteiger partial charge in [-0.05, 0) is 49.2 Å². The Hall–Kier alpha value is -2.22. The van der Waals surface area contributed by atoms with Gasteiger partial charge in [0.2, 0.25) is 10.0 Å². The van der Waals surface area contributed by atoms with Crippen LogP contribution in [0.3, 0.4) is 0 Å². The summed E-state index contributed by atoms with van der Waals surface area (Å²) in [4.78, 5) is 6.13. The van der Waals surface area contributed by atoms with E-state index in [9.17, 15) is 8.42 Å². The summed E-state index contributed by atoms with van der Waals surface area (Å²) >= 11 is 1.56. The SMILES string of the molecule is COc1cccc(-c2nc3c(s2)CN(S(=O)(=O)c2cc(C)cc(C)c2)CC3)c1. The van der Waals surface area contributed by atoms with Crippen LogP contribution in [0, 0.1) is 13.8 Å². The van der Waals surface area contributed by atoms with Crippen LogP contribution in [0.2, 0.25) is 0 Å². The Balaban J connectivity index is 1.64. The van der Waals surface area contributed by atoms with E-state index in [0.717, 1.165) is 38.0 Å². The molecule has 1 aromatic heterocycles. The van der Waals surface area contributed by atoms with Gasteiger partial charge in [0, 0.05) is 23.4 Å². The zero-order valence-electron chi connectivity index (χ0n) is 16.1. The first-order valence-electron chi connectivity index (χ1n) is 9.08. The summed E-state index contributed by atoms with van der Waals surface area (Å²) in [5, 5.41) is 0.898. The smallest absolute Gasteiger partial charge is 0.243 e. The maximum absolute atomic E-state index is 13.2. The Morgan fingerprint density at radius 2 is 1.86 bits per heavy atom. The number of thiazole rings is 1. The van der Waals surface area contributed by atoms with E-state index < -0.39 is 10.0 Å². The summed E-state index contributed by atoms with van der Waals surface area (Å²) in [6.07, 6.45) is 0.625. The summed E-state index contributed by atoms with van der Waals surface area (Å²) in [5.41, 5.74) is 3.89. The van der Waals surface area contributed by atoms with Crippen LogP contribution in [0.4, 0.5) is 0 Å². The fourth-order valence-electron chi connectivity index (χ4n) is 3.49. The number of rotatable bonds is 4. The van der Waals surface area contributed by atoms with Gasteiger partial charge in [0.05, 0.1) is 24.2 Å². The van der Waals surface area contributed by atoms with E-state index in [-0.39, 0.29) is 0 Å². The first-order valence-corrected chi connectivity index (χ1v) is 11.3. The van der Waals surface area contributed by atoms with Crippen molar-refractivity contribution in [3.8, 4) is 16.3 Å². The van der Waals surface area contributed by atoms with Crippen molar-refractivity contribution in [1.29, 1.82) is 0 Å². The molecule has 0 aliphatic carbocycles. The Labute approximate surface area is 169 Å². The maximum Gasteiger partial charge on any atom is 0.243 e. The molecule has 3 aromatic rings. The average molecular weight is 415 g/mol. The number of ether oxygens (including phenoxy) is 1. The standard InChI is InChI=1S/C21H22N2O3S2/c1-14-9-15(2)11-18(10-14)28(24,25)23-8-7-19-20(13-23)27-21(22-19)16-5-4-6-17(12-16)26-3/h4-6,9-12H,7-8,13H2,1-3H3. The van der Waals surface area contributed by atoms with Crippen LogP contribution in [0.15, 0.2) is 47.4 Å². The van der Waals surface area contributed by atoms with Crippen LogP contribution >= 0.6 is 11.3 Å². The Kier molecular flexibility index (Phi) is 4.99. The molecule has 146 valence electrons. The summed E-state index contributed by atoms with van der Waals surface area (Å²) in [5.74, 6) is 0.782. The molecule has 0 amide bonds. The average Bonchev–Trinajstić information content (AvgIpc) is 3.10. The molecule has 4 rings (SSSR count). The van der Waals surface area contributed by atoms with Gasteiger partial charge in [-0.15, -0.1) is 11.3 Å². The molecular weight excluding hydrogens is 392 g/mol. The van der Waals surface area contributed by atoms with Crippen LogP contribution < -0.4 is 4.74 Å². The molecule has 0 spiro atoms. The highest BCUT2D eigenvalue weighted by Gasteiger charge is 2.30. The molecule has 0 fully saturated rings. The third-order valence-corrected chi connectivity index (χ3v) is 7.80. The highest BCUT2D eigenvalue weighted by molar-refractivity contribution is 7.89. The first-order chi connectivity index (χ1) is 13.4. The molecule has 2 aromatic carbocycles. The van der Waals surface area contributed by atoms with Crippen LogP contribution in [0.5, 0.6) is 5.75 Å². The van der Waals surface area contributed by atoms with E-state index in [4.69, 9.17) is 9.72 Å². The molecule has 2 heterocycles. The fourth-order valence-corrected chi connectivity index (χ4v) is 6.29. The van der Waals surface area contributed by atoms with Gasteiger partial charge in [-0.2, -0.15) is 4.31 Å². The summed E-state index contributed by atoms with van der Waals surface area (Å²) in [6.45, 7) is 4.66. The number of methoxy groups -OCH3 is 1. The van der Waals surface area contributed by atoms with E-state index in [1.807, 2.05) is 44.2 Å². The van der Waals surface area contributed by atoms with Crippen molar-refractivity contribution in [2.24, 2.45) is 0 Å². The number of fused-ring (bicyclic) bond motifs is 1. The van der Waals surface area contributed by atoms with Crippen molar-refractivity contribution in [2.75, 3.05) is 13.7 Å². The molecule has 28 heavy (non-hydrogen) atoms. The first kappa shape index (κ1) is 19.1. The number of aromatic nitrogens is 1. The summed E-state index contributed by atoms with van der Waals surface area (Å²) < 4.78 is 33.2. The largest absolute Gasteiger partial charge is 0.497 e. The lowest BCUT2D eigenvalue weighted by molar-refractivity contribution is 0.393. The minimum absolute atomic E-state index is 0.367. The monoisotopic (exact) mass is 414 g/mol. The number of benzene rings is 2. The number of hydrogen-bond donors (Lipinski definition) is 0. The van der Waals surface area contributed by atoms with Gasteiger partial charge in [-0.25, -0.2) is 13.4 Å². The normalized spacial score (nSPS) is 14.7. The Morgan fingerprint density at radius 3 is 2.57 bits per heavy atom. The van der Waals surface area contributed by atoms with Crippen molar-refractivity contribution in [3.05, 3.63) is 64.2 Å². The molecule has 1 aliphatic rings. The molecule has 0 saturated carbocycles. The zero-order chi connectivity index (χ0) is 19.9. The number of nitrogens with zero attached hydrogens (tertiary/aromatic N) is 2. The van der Waals surface area contributed by atoms with Crippen LogP contribution in [-0.2, 0) is 23.0 Å². The maximum atomic E-state index is 13.2. The molecule has 7 heteroatoms. The molecule has 0 saturated heterocycles. The van der Waals surface area contributed by atoms with Crippen LogP contribution in [0.25, 0.3) is 10.6 Å². The van der Waals surface area contributed by atoms with Crippen molar-refractivity contribution >= 4 is 21.4 Å². The second-order valence-corrected chi connectivity index (χ2v) is 10.1. The molecular formula is C21H22N2O3S2. The molecule has 0 radical (unpaired) electrons. The topological polar surface area (TPSA) is 59.5 Å². The number of aryl methyl sites for hydroxylation is 2. The van der Waals surface area contributed by atoms with Gasteiger partial charge in [0.25, 0.3) is 0 Å². The molecule has 0 bridgehead atoms. The van der Waals surface area contributed by atoms with Crippen molar-refractivity contribution < 1.29 is 13.2 Å². The van der Waals surface area contributed by atoms with Gasteiger partial charge in [0.15, 0.2) is 0 Å². The van der Waals surface area contributed by atoms with E-state index in [0.29, 0.717) is 24.4 Å². The predicted molar refractivity (Wildman–Crippen MR) is 111 cm³/mol. The third kappa shape index (κ3) is 3.57. The van der Waals surface area contributed by atoms with Crippen molar-refractivity contribution in [2.45, 2.75) is 31.7 Å². The minimum Gasteiger partial charge on any atom is -0.497 e. The third-order valence-electron chi connectivity index (χ3n) is 4.85. The highest BCUT2D eigenvalue weighted by Crippen LogP contribution is 2.34. The minimum atomic E-state index is -3.52. The molecule has 0 unspecified atom stereocenters. The summed E-state index contributed by atoms with van der Waals surface area (Å²) in [6, 6.07) is 13.3. The molecule has 0 N–H and O–H groups in total. The lowest BCUT2D eigenvalue weighted by Gasteiger charge is -2.25. The number of sulfonamides is 1. The van der Waals surface area contributed by atoms with Crippen molar-refractivity contribution in [3.63, 3.8) is 0 Å². The van der Waals surface area contributed by atoms with E-state index in [1.54, 1.807) is 34.9 Å². The summed E-state index contributed by atoms with van der Waals surface area (Å²) in [7, 11) is -1.88. The Morgan fingerprint density at radius 1 is 1.11 bits per heavy atom. The van der Waals surface area contributed by atoms with Gasteiger partial charge >= 0.3 is 0 Å². The van der Waals surface area contributed by atoms with Crippen LogP contribution in [-0.4, -0.2) is 31.4 Å². The van der Waals surface area contributed by atoms with Crippen LogP contribution in [0.1, 0.15) is 21.7 Å². The van der Waals surface area contributed by atoms with E-state index >= 15 is 0 Å². The Bertz CT molecular complexity index is 1120. The van der Waals surface area contributed by atoms with Gasteiger partial charge < -0.3 is 4.74 Å². The zero-order valence-corrected chi connectivity index (χ0v) is 17.7. The van der Waals surface area contributed by atoms with Crippen molar-refractivity contribution in [1.82, 2.24) is 9.29 Å². The van der Waals surface area contributed by atoms with Gasteiger partial charge in [-0.1, -0.05) is 18.2 Å². The fraction of sp³-hybridized carbons (Fsp3) is 0.286. The predicted octanol–water partition coefficient (Wildman–Crippen LogP) is 4.18. The number of hydrogen-bond acceptors (Lipinski definition) is 5. The van der Waals surface area contributed by atoms with Gasteiger partial charge in [-0.3, -0.25) is 0 Å². The van der Waals surface area contributed by atoms with E-state index in [2.05, 4.69) is 0 Å². The second kappa shape index (κ2) is 7.31. The lowest BCUT2D eigenvalue weighted by atomic mass is 10.2. The second-order valence-electron chi connectivity index (χ2n) is 7.03.